The van der Waals surface area contributed by atoms with E-state index >= 15 is 0 Å². The summed E-state index contributed by atoms with van der Waals surface area (Å²) in [5, 5.41) is 0. The van der Waals surface area contributed by atoms with E-state index in [1.165, 1.54) is 19.2 Å². The largest absolute Gasteiger partial charge is 0.461 e. The molecule has 0 aliphatic rings. The molecule has 3 nitrogen and oxygen atoms in total. The van der Waals surface area contributed by atoms with Gasteiger partial charge in [-0.2, -0.15) is 17.6 Å². The summed E-state index contributed by atoms with van der Waals surface area (Å²) in [5.41, 5.74) is 0.213. The van der Waals surface area contributed by atoms with Crippen molar-refractivity contribution >= 4 is 5.78 Å². The monoisotopic (exact) mass is 266 g/mol. The number of benzene rings is 1. The number of ketones is 1. The SMILES string of the molecule is COCC(=O)c1ccc(OC(F)(F)C(F)F)cc1. The van der Waals surface area contributed by atoms with E-state index < -0.39 is 18.3 Å². The lowest BCUT2D eigenvalue weighted by molar-refractivity contribution is -0.253. The van der Waals surface area contributed by atoms with Gasteiger partial charge in [-0.3, -0.25) is 4.79 Å². The maximum atomic E-state index is 12.6. The topological polar surface area (TPSA) is 35.5 Å². The summed E-state index contributed by atoms with van der Waals surface area (Å²) in [7, 11) is 1.33. The van der Waals surface area contributed by atoms with Gasteiger partial charge in [0.05, 0.1) is 0 Å². The minimum Gasteiger partial charge on any atom is -0.428 e. The van der Waals surface area contributed by atoms with E-state index in [0.717, 1.165) is 12.1 Å². The van der Waals surface area contributed by atoms with Gasteiger partial charge in [0.1, 0.15) is 12.4 Å². The van der Waals surface area contributed by atoms with Crippen molar-refractivity contribution in [1.82, 2.24) is 0 Å². The molecular formula is C11H10F4O3. The average molecular weight is 266 g/mol. The van der Waals surface area contributed by atoms with Crippen LogP contribution in [0.3, 0.4) is 0 Å². The third-order valence-electron chi connectivity index (χ3n) is 1.96. The van der Waals surface area contributed by atoms with Gasteiger partial charge in [-0.1, -0.05) is 0 Å². The van der Waals surface area contributed by atoms with Crippen LogP contribution in [0.4, 0.5) is 17.6 Å². The molecule has 0 saturated heterocycles. The molecule has 1 rings (SSSR count). The Labute approximate surface area is 100 Å². The molecule has 1 aromatic carbocycles. The lowest BCUT2D eigenvalue weighted by atomic mass is 10.1. The van der Waals surface area contributed by atoms with Gasteiger partial charge >= 0.3 is 12.5 Å². The number of Topliss-reactive ketones (excluding diaryl/α,β-unsaturated/α-hetero) is 1. The predicted molar refractivity (Wildman–Crippen MR) is 54.2 cm³/mol. The molecule has 0 fully saturated rings. The Morgan fingerprint density at radius 1 is 1.28 bits per heavy atom. The Bertz CT molecular complexity index is 403. The fourth-order valence-electron chi connectivity index (χ4n) is 1.12. The van der Waals surface area contributed by atoms with Crippen LogP contribution in [0, 0.1) is 0 Å². The molecule has 0 bridgehead atoms. The number of alkyl halides is 4. The second kappa shape index (κ2) is 5.81. The molecule has 0 aromatic heterocycles. The quantitative estimate of drug-likeness (QED) is 0.586. The number of halogens is 4. The molecule has 0 N–H and O–H groups in total. The molecular weight excluding hydrogens is 256 g/mol. The summed E-state index contributed by atoms with van der Waals surface area (Å²) in [6.07, 6.45) is -8.48. The second-order valence-electron chi connectivity index (χ2n) is 3.35. The van der Waals surface area contributed by atoms with Gasteiger partial charge in [0, 0.05) is 12.7 Å². The van der Waals surface area contributed by atoms with Crippen LogP contribution >= 0.6 is 0 Å². The van der Waals surface area contributed by atoms with Gasteiger partial charge < -0.3 is 9.47 Å². The smallest absolute Gasteiger partial charge is 0.428 e. The zero-order valence-electron chi connectivity index (χ0n) is 9.33. The van der Waals surface area contributed by atoms with Crippen LogP contribution in [0.1, 0.15) is 10.4 Å². The highest BCUT2D eigenvalue weighted by Crippen LogP contribution is 2.27. The van der Waals surface area contributed by atoms with Crippen molar-refractivity contribution in [3.05, 3.63) is 29.8 Å². The Kier molecular flexibility index (Phi) is 4.66. The normalized spacial score (nSPS) is 11.7. The molecule has 1 aromatic rings. The molecule has 0 aliphatic carbocycles. The van der Waals surface area contributed by atoms with Gasteiger partial charge in [0.25, 0.3) is 0 Å². The Balaban J connectivity index is 2.75. The number of hydrogen-bond acceptors (Lipinski definition) is 3. The number of hydrogen-bond donors (Lipinski definition) is 0. The van der Waals surface area contributed by atoms with Crippen molar-refractivity contribution < 1.29 is 31.8 Å². The Morgan fingerprint density at radius 2 is 1.83 bits per heavy atom. The first kappa shape index (κ1) is 14.4. The summed E-state index contributed by atoms with van der Waals surface area (Å²) in [6.45, 7) is -0.159. The minimum atomic E-state index is -4.56. The first-order valence-corrected chi connectivity index (χ1v) is 4.84. The van der Waals surface area contributed by atoms with Crippen LogP contribution in [0.5, 0.6) is 5.75 Å². The molecule has 0 radical (unpaired) electrons. The lowest BCUT2D eigenvalue weighted by Gasteiger charge is -2.16. The fourth-order valence-corrected chi connectivity index (χ4v) is 1.12. The Morgan fingerprint density at radius 3 is 2.28 bits per heavy atom. The zero-order valence-corrected chi connectivity index (χ0v) is 9.33. The van der Waals surface area contributed by atoms with E-state index in [9.17, 15) is 22.4 Å². The predicted octanol–water partition coefficient (Wildman–Crippen LogP) is 2.75. The van der Waals surface area contributed by atoms with Crippen LogP contribution in [0.2, 0.25) is 0 Å². The van der Waals surface area contributed by atoms with Crippen molar-refractivity contribution in [2.45, 2.75) is 12.5 Å². The van der Waals surface area contributed by atoms with Crippen LogP contribution in [0.25, 0.3) is 0 Å². The summed E-state index contributed by atoms with van der Waals surface area (Å²) in [5.74, 6) is -0.807. The first-order valence-electron chi connectivity index (χ1n) is 4.84. The Hall–Kier alpha value is -1.63. The molecule has 18 heavy (non-hydrogen) atoms. The van der Waals surface area contributed by atoms with Crippen molar-refractivity contribution in [2.24, 2.45) is 0 Å². The van der Waals surface area contributed by atoms with Crippen LogP contribution in [-0.2, 0) is 4.74 Å². The lowest BCUT2D eigenvalue weighted by Crippen LogP contribution is -2.33. The third kappa shape index (κ3) is 3.69. The number of carbonyl (C=O) groups excluding carboxylic acids is 1. The van der Waals surface area contributed by atoms with Crippen molar-refractivity contribution in [3.8, 4) is 5.75 Å². The van der Waals surface area contributed by atoms with E-state index in [2.05, 4.69) is 9.47 Å². The van der Waals surface area contributed by atoms with Gasteiger partial charge in [0.15, 0.2) is 5.78 Å². The van der Waals surface area contributed by atoms with Gasteiger partial charge in [0.2, 0.25) is 0 Å². The van der Waals surface area contributed by atoms with Crippen LogP contribution in [-0.4, -0.2) is 32.0 Å². The fraction of sp³-hybridized carbons (Fsp3) is 0.364. The second-order valence-corrected chi connectivity index (χ2v) is 3.35. The molecule has 0 heterocycles. The standard InChI is InChI=1S/C11H10F4O3/c1-17-6-9(16)7-2-4-8(5-3-7)18-11(14,15)10(12)13/h2-5,10H,6H2,1H3. The molecule has 7 heteroatoms. The summed E-state index contributed by atoms with van der Waals surface area (Å²) in [4.78, 5) is 11.3. The molecule has 0 aliphatic heterocycles. The van der Waals surface area contributed by atoms with Gasteiger partial charge in [-0.15, -0.1) is 0 Å². The molecule has 0 atom stereocenters. The third-order valence-corrected chi connectivity index (χ3v) is 1.96. The molecule has 0 unspecified atom stereocenters. The van der Waals surface area contributed by atoms with E-state index in [0.29, 0.717) is 0 Å². The molecule has 0 saturated carbocycles. The summed E-state index contributed by atoms with van der Waals surface area (Å²) < 4.78 is 57.3. The number of methoxy groups -OCH3 is 1. The van der Waals surface area contributed by atoms with E-state index in [4.69, 9.17) is 0 Å². The highest BCUT2D eigenvalue weighted by Gasteiger charge is 2.43. The number of ether oxygens (including phenoxy) is 2. The van der Waals surface area contributed by atoms with E-state index in [-0.39, 0.29) is 18.0 Å². The van der Waals surface area contributed by atoms with Crippen molar-refractivity contribution in [3.63, 3.8) is 0 Å². The summed E-state index contributed by atoms with van der Waals surface area (Å²) in [6, 6.07) is 4.41. The van der Waals surface area contributed by atoms with Gasteiger partial charge in [-0.25, -0.2) is 0 Å². The van der Waals surface area contributed by atoms with Crippen LogP contribution < -0.4 is 4.74 Å². The molecule has 100 valence electrons. The minimum absolute atomic E-state index is 0.159. The maximum absolute atomic E-state index is 12.6. The summed E-state index contributed by atoms with van der Waals surface area (Å²) >= 11 is 0. The van der Waals surface area contributed by atoms with E-state index in [1.54, 1.807) is 0 Å². The first-order chi connectivity index (χ1) is 8.36. The zero-order chi connectivity index (χ0) is 13.8. The number of rotatable bonds is 6. The van der Waals surface area contributed by atoms with E-state index in [1.807, 2.05) is 0 Å². The molecule has 0 spiro atoms. The number of carbonyl (C=O) groups is 1. The highest BCUT2D eigenvalue weighted by molar-refractivity contribution is 5.97. The maximum Gasteiger partial charge on any atom is 0.461 e. The van der Waals surface area contributed by atoms with Crippen molar-refractivity contribution in [2.75, 3.05) is 13.7 Å². The van der Waals surface area contributed by atoms with Gasteiger partial charge in [-0.05, 0) is 24.3 Å². The molecule has 0 amide bonds. The van der Waals surface area contributed by atoms with Crippen molar-refractivity contribution in [1.29, 1.82) is 0 Å². The average Bonchev–Trinajstić information content (AvgIpc) is 2.29. The highest BCUT2D eigenvalue weighted by atomic mass is 19.3. The van der Waals surface area contributed by atoms with Crippen LogP contribution in [0.15, 0.2) is 24.3 Å².